The highest BCUT2D eigenvalue weighted by Crippen LogP contribution is 2.20. The summed E-state index contributed by atoms with van der Waals surface area (Å²) < 4.78 is 0. The highest BCUT2D eigenvalue weighted by molar-refractivity contribution is 5.85. The van der Waals surface area contributed by atoms with Crippen LogP contribution in [0.4, 0.5) is 0 Å². The zero-order chi connectivity index (χ0) is 10.8. The van der Waals surface area contributed by atoms with Gasteiger partial charge in [-0.2, -0.15) is 0 Å². The average molecular weight is 212 g/mol. The fourth-order valence-electron chi connectivity index (χ4n) is 2.79. The molecular weight excluding hydrogens is 194 g/mol. The van der Waals surface area contributed by atoms with E-state index >= 15 is 0 Å². The lowest BCUT2D eigenvalue weighted by atomic mass is 9.98. The molecule has 0 amide bonds. The van der Waals surface area contributed by atoms with Crippen molar-refractivity contribution in [3.63, 3.8) is 0 Å². The van der Waals surface area contributed by atoms with Gasteiger partial charge in [0.15, 0.2) is 0 Å². The van der Waals surface area contributed by atoms with E-state index in [2.05, 4.69) is 47.8 Å². The van der Waals surface area contributed by atoms with Crippen molar-refractivity contribution in [3.8, 4) is 0 Å². The van der Waals surface area contributed by atoms with Crippen LogP contribution in [-0.4, -0.2) is 12.6 Å². The number of quaternary nitrogens is 1. The molecule has 16 heavy (non-hydrogen) atoms. The SMILES string of the molecule is c1ccc2c(C[C@H]3CCC[NH2+]3)cccc2c1. The first-order valence-corrected chi connectivity index (χ1v) is 6.23. The fraction of sp³-hybridized carbons (Fsp3) is 0.333. The van der Waals surface area contributed by atoms with E-state index in [1.165, 1.54) is 42.1 Å². The lowest BCUT2D eigenvalue weighted by Crippen LogP contribution is -2.87. The van der Waals surface area contributed by atoms with E-state index in [0.29, 0.717) is 0 Å². The number of nitrogens with two attached hydrogens (primary N) is 1. The molecule has 1 fully saturated rings. The smallest absolute Gasteiger partial charge is 0.0902 e. The predicted molar refractivity (Wildman–Crippen MR) is 67.5 cm³/mol. The van der Waals surface area contributed by atoms with Gasteiger partial charge in [0.25, 0.3) is 0 Å². The van der Waals surface area contributed by atoms with Crippen LogP contribution in [0.2, 0.25) is 0 Å². The van der Waals surface area contributed by atoms with E-state index in [9.17, 15) is 0 Å². The summed E-state index contributed by atoms with van der Waals surface area (Å²) in [6.45, 7) is 1.31. The monoisotopic (exact) mass is 212 g/mol. The molecule has 82 valence electrons. The van der Waals surface area contributed by atoms with Crippen molar-refractivity contribution in [3.05, 3.63) is 48.0 Å². The Morgan fingerprint density at radius 3 is 2.81 bits per heavy atom. The average Bonchev–Trinajstić information content (AvgIpc) is 2.82. The van der Waals surface area contributed by atoms with Crippen LogP contribution in [0.1, 0.15) is 18.4 Å². The van der Waals surface area contributed by atoms with Crippen molar-refractivity contribution in [1.82, 2.24) is 0 Å². The van der Waals surface area contributed by atoms with Crippen LogP contribution >= 0.6 is 0 Å². The Labute approximate surface area is 96.5 Å². The van der Waals surface area contributed by atoms with Crippen LogP contribution in [0.5, 0.6) is 0 Å². The second kappa shape index (κ2) is 4.26. The third kappa shape index (κ3) is 1.83. The molecule has 0 spiro atoms. The maximum absolute atomic E-state index is 2.50. The molecular formula is C15H18N+. The van der Waals surface area contributed by atoms with Crippen molar-refractivity contribution in [1.29, 1.82) is 0 Å². The normalized spacial score (nSPS) is 20.4. The van der Waals surface area contributed by atoms with Gasteiger partial charge in [0.2, 0.25) is 0 Å². The molecule has 1 heteroatoms. The zero-order valence-electron chi connectivity index (χ0n) is 9.52. The third-order valence-corrected chi connectivity index (χ3v) is 3.64. The quantitative estimate of drug-likeness (QED) is 0.785. The second-order valence-electron chi connectivity index (χ2n) is 4.77. The van der Waals surface area contributed by atoms with E-state index < -0.39 is 0 Å². The van der Waals surface area contributed by atoms with Crippen molar-refractivity contribution in [2.45, 2.75) is 25.3 Å². The molecule has 0 aromatic heterocycles. The van der Waals surface area contributed by atoms with Crippen molar-refractivity contribution < 1.29 is 5.32 Å². The van der Waals surface area contributed by atoms with Crippen molar-refractivity contribution in [2.75, 3.05) is 6.54 Å². The highest BCUT2D eigenvalue weighted by Gasteiger charge is 2.19. The first kappa shape index (κ1) is 9.86. The van der Waals surface area contributed by atoms with Gasteiger partial charge in [-0.15, -0.1) is 0 Å². The van der Waals surface area contributed by atoms with E-state index in [1.54, 1.807) is 0 Å². The molecule has 0 unspecified atom stereocenters. The van der Waals surface area contributed by atoms with Gasteiger partial charge in [-0.25, -0.2) is 0 Å². The second-order valence-corrected chi connectivity index (χ2v) is 4.77. The Hall–Kier alpha value is -1.34. The van der Waals surface area contributed by atoms with Crippen LogP contribution in [0.15, 0.2) is 42.5 Å². The molecule has 0 bridgehead atoms. The van der Waals surface area contributed by atoms with Crippen LogP contribution in [0, 0.1) is 0 Å². The van der Waals surface area contributed by atoms with Gasteiger partial charge in [-0.1, -0.05) is 42.5 Å². The van der Waals surface area contributed by atoms with Gasteiger partial charge in [-0.3, -0.25) is 0 Å². The maximum Gasteiger partial charge on any atom is 0.0902 e. The van der Waals surface area contributed by atoms with Gasteiger partial charge >= 0.3 is 0 Å². The molecule has 3 rings (SSSR count). The molecule has 2 aromatic carbocycles. The summed E-state index contributed by atoms with van der Waals surface area (Å²) in [6.07, 6.45) is 3.99. The molecule has 1 aliphatic heterocycles. The Kier molecular flexibility index (Phi) is 2.63. The number of rotatable bonds is 2. The standard InChI is InChI=1S/C15H17N/c1-2-9-15-12(5-1)6-3-7-13(15)11-14-8-4-10-16-14/h1-3,5-7,9,14,16H,4,8,10-11H2/p+1/t14-/m1/s1. The summed E-state index contributed by atoms with van der Waals surface area (Å²) in [5, 5.41) is 5.31. The van der Waals surface area contributed by atoms with Gasteiger partial charge in [0.05, 0.1) is 12.6 Å². The number of hydrogen-bond acceptors (Lipinski definition) is 0. The minimum atomic E-state index is 0.811. The van der Waals surface area contributed by atoms with Crippen LogP contribution in [0.25, 0.3) is 10.8 Å². The molecule has 1 nitrogen and oxygen atoms in total. The van der Waals surface area contributed by atoms with Gasteiger partial charge in [-0.05, 0) is 16.3 Å². The minimum absolute atomic E-state index is 0.811. The number of hydrogen-bond donors (Lipinski definition) is 1. The van der Waals surface area contributed by atoms with Crippen LogP contribution in [0.3, 0.4) is 0 Å². The lowest BCUT2D eigenvalue weighted by Gasteiger charge is -2.09. The van der Waals surface area contributed by atoms with E-state index in [-0.39, 0.29) is 0 Å². The van der Waals surface area contributed by atoms with E-state index in [4.69, 9.17) is 0 Å². The summed E-state index contributed by atoms with van der Waals surface area (Å²) in [7, 11) is 0. The molecule has 2 aromatic rings. The van der Waals surface area contributed by atoms with E-state index in [1.807, 2.05) is 0 Å². The summed E-state index contributed by atoms with van der Waals surface area (Å²) in [4.78, 5) is 0. The van der Waals surface area contributed by atoms with Crippen LogP contribution in [-0.2, 0) is 6.42 Å². The molecule has 0 aliphatic carbocycles. The minimum Gasteiger partial charge on any atom is -0.344 e. The Balaban J connectivity index is 1.96. The number of benzene rings is 2. The molecule has 0 saturated carbocycles. The molecule has 2 N–H and O–H groups in total. The molecule has 1 aliphatic rings. The topological polar surface area (TPSA) is 16.6 Å². The predicted octanol–water partition coefficient (Wildman–Crippen LogP) is 2.11. The molecule has 1 saturated heterocycles. The van der Waals surface area contributed by atoms with Gasteiger partial charge in [0.1, 0.15) is 0 Å². The summed E-state index contributed by atoms with van der Waals surface area (Å²) >= 11 is 0. The number of fused-ring (bicyclic) bond motifs is 1. The van der Waals surface area contributed by atoms with Crippen molar-refractivity contribution >= 4 is 10.8 Å². The largest absolute Gasteiger partial charge is 0.344 e. The first-order chi connectivity index (χ1) is 7.93. The van der Waals surface area contributed by atoms with E-state index in [0.717, 1.165) is 6.04 Å². The summed E-state index contributed by atoms with van der Waals surface area (Å²) in [5.74, 6) is 0. The maximum atomic E-state index is 2.50. The highest BCUT2D eigenvalue weighted by atomic mass is 14.9. The molecule has 1 atom stereocenters. The molecule has 0 radical (unpaired) electrons. The van der Waals surface area contributed by atoms with Gasteiger partial charge < -0.3 is 5.32 Å². The summed E-state index contributed by atoms with van der Waals surface area (Å²) in [5.41, 5.74) is 1.52. The van der Waals surface area contributed by atoms with Crippen molar-refractivity contribution in [2.24, 2.45) is 0 Å². The first-order valence-electron chi connectivity index (χ1n) is 6.23. The van der Waals surface area contributed by atoms with Crippen LogP contribution < -0.4 is 5.32 Å². The fourth-order valence-corrected chi connectivity index (χ4v) is 2.79. The molecule has 1 heterocycles. The summed E-state index contributed by atoms with van der Waals surface area (Å²) in [6, 6.07) is 16.2. The zero-order valence-corrected chi connectivity index (χ0v) is 9.52. The Bertz CT molecular complexity index is 478. The Morgan fingerprint density at radius 1 is 1.06 bits per heavy atom. The third-order valence-electron chi connectivity index (χ3n) is 3.64. The Morgan fingerprint density at radius 2 is 1.94 bits per heavy atom. The lowest BCUT2D eigenvalue weighted by molar-refractivity contribution is -0.669. The van der Waals surface area contributed by atoms with Gasteiger partial charge in [0, 0.05) is 19.3 Å².